The van der Waals surface area contributed by atoms with E-state index in [1.807, 2.05) is 27.1 Å². The van der Waals surface area contributed by atoms with Crippen LogP contribution in [0.3, 0.4) is 0 Å². The fourth-order valence-electron chi connectivity index (χ4n) is 1.44. The minimum Gasteiger partial charge on any atom is -0.481 e. The predicted octanol–water partition coefficient (Wildman–Crippen LogP) is 1.32. The van der Waals surface area contributed by atoms with Crippen LogP contribution in [-0.2, 0) is 18.3 Å². The first kappa shape index (κ1) is 10.8. The Morgan fingerprint density at radius 1 is 1.64 bits per heavy atom. The Morgan fingerprint density at radius 3 is 2.64 bits per heavy atom. The standard InChI is InChI=1S/C10H16N2O2/c1-7(2)9(10(13)14)4-8-5-11-12(3)6-8/h5-7,9H,4H2,1-3H3,(H,13,14). The Balaban J connectivity index is 2.69. The van der Waals surface area contributed by atoms with Crippen molar-refractivity contribution < 1.29 is 9.90 Å². The topological polar surface area (TPSA) is 55.1 Å². The number of hydrogen-bond acceptors (Lipinski definition) is 2. The van der Waals surface area contributed by atoms with Gasteiger partial charge in [0, 0.05) is 13.2 Å². The maximum Gasteiger partial charge on any atom is 0.307 e. The molecule has 1 aromatic heterocycles. The lowest BCUT2D eigenvalue weighted by atomic mass is 9.90. The molecular weight excluding hydrogens is 180 g/mol. The molecule has 14 heavy (non-hydrogen) atoms. The van der Waals surface area contributed by atoms with Crippen LogP contribution in [0.25, 0.3) is 0 Å². The highest BCUT2D eigenvalue weighted by molar-refractivity contribution is 5.70. The van der Waals surface area contributed by atoms with Crippen LogP contribution in [0.4, 0.5) is 0 Å². The first-order chi connectivity index (χ1) is 6.50. The van der Waals surface area contributed by atoms with Crippen molar-refractivity contribution in [1.82, 2.24) is 9.78 Å². The molecule has 1 aromatic rings. The molecule has 1 unspecified atom stereocenters. The number of aryl methyl sites for hydroxylation is 1. The molecule has 1 N–H and O–H groups in total. The summed E-state index contributed by atoms with van der Waals surface area (Å²) >= 11 is 0. The number of carboxylic acid groups (broad SMARTS) is 1. The third-order valence-corrected chi connectivity index (χ3v) is 2.34. The lowest BCUT2D eigenvalue weighted by molar-refractivity contribution is -0.143. The highest BCUT2D eigenvalue weighted by atomic mass is 16.4. The summed E-state index contributed by atoms with van der Waals surface area (Å²) in [5.74, 6) is -0.907. The van der Waals surface area contributed by atoms with Crippen LogP contribution in [0.1, 0.15) is 19.4 Å². The Hall–Kier alpha value is -1.32. The van der Waals surface area contributed by atoms with Gasteiger partial charge in [0.2, 0.25) is 0 Å². The van der Waals surface area contributed by atoms with Gasteiger partial charge in [-0.2, -0.15) is 5.10 Å². The molecule has 0 amide bonds. The Bertz CT molecular complexity index is 318. The van der Waals surface area contributed by atoms with Gasteiger partial charge in [-0.25, -0.2) is 0 Å². The second-order valence-electron chi connectivity index (χ2n) is 3.92. The van der Waals surface area contributed by atoms with E-state index in [1.165, 1.54) is 0 Å². The molecule has 1 heterocycles. The normalized spacial score (nSPS) is 13.1. The molecule has 0 radical (unpaired) electrons. The van der Waals surface area contributed by atoms with Gasteiger partial charge in [-0.05, 0) is 17.9 Å². The van der Waals surface area contributed by atoms with Crippen molar-refractivity contribution in [2.24, 2.45) is 18.9 Å². The molecule has 1 atom stereocenters. The van der Waals surface area contributed by atoms with Crippen molar-refractivity contribution in [3.05, 3.63) is 18.0 Å². The van der Waals surface area contributed by atoms with Crippen LogP contribution in [0.2, 0.25) is 0 Å². The van der Waals surface area contributed by atoms with Crippen molar-refractivity contribution in [3.8, 4) is 0 Å². The molecule has 1 rings (SSSR count). The van der Waals surface area contributed by atoms with Crippen LogP contribution >= 0.6 is 0 Å². The molecule has 0 fully saturated rings. The summed E-state index contributed by atoms with van der Waals surface area (Å²) in [4.78, 5) is 10.9. The molecule has 0 saturated heterocycles. The largest absolute Gasteiger partial charge is 0.481 e. The number of nitrogens with zero attached hydrogens (tertiary/aromatic N) is 2. The molecule has 4 heteroatoms. The number of aromatic nitrogens is 2. The zero-order valence-corrected chi connectivity index (χ0v) is 8.77. The van der Waals surface area contributed by atoms with E-state index in [4.69, 9.17) is 5.11 Å². The molecule has 0 bridgehead atoms. The molecule has 0 aliphatic rings. The van der Waals surface area contributed by atoms with E-state index in [-0.39, 0.29) is 11.8 Å². The van der Waals surface area contributed by atoms with E-state index in [0.717, 1.165) is 5.56 Å². The first-order valence-corrected chi connectivity index (χ1v) is 4.71. The smallest absolute Gasteiger partial charge is 0.307 e. The average Bonchev–Trinajstić information content (AvgIpc) is 2.46. The van der Waals surface area contributed by atoms with Gasteiger partial charge in [0.1, 0.15) is 0 Å². The van der Waals surface area contributed by atoms with Gasteiger partial charge in [-0.3, -0.25) is 9.48 Å². The van der Waals surface area contributed by atoms with Gasteiger partial charge in [0.05, 0.1) is 12.1 Å². The van der Waals surface area contributed by atoms with Gasteiger partial charge >= 0.3 is 5.97 Å². The lowest BCUT2D eigenvalue weighted by Crippen LogP contribution is -2.21. The zero-order chi connectivity index (χ0) is 10.7. The van der Waals surface area contributed by atoms with E-state index in [1.54, 1.807) is 10.9 Å². The highest BCUT2D eigenvalue weighted by Crippen LogP contribution is 2.16. The fourth-order valence-corrected chi connectivity index (χ4v) is 1.44. The van der Waals surface area contributed by atoms with Gasteiger partial charge in [-0.1, -0.05) is 13.8 Å². The Labute approximate surface area is 83.5 Å². The van der Waals surface area contributed by atoms with Crippen molar-refractivity contribution >= 4 is 5.97 Å². The molecule has 0 aromatic carbocycles. The minimum absolute atomic E-state index is 0.146. The van der Waals surface area contributed by atoms with Crippen molar-refractivity contribution in [2.45, 2.75) is 20.3 Å². The lowest BCUT2D eigenvalue weighted by Gasteiger charge is -2.14. The number of aliphatic carboxylic acids is 1. The first-order valence-electron chi connectivity index (χ1n) is 4.71. The minimum atomic E-state index is -0.733. The molecule has 0 aliphatic carbocycles. The average molecular weight is 196 g/mol. The summed E-state index contributed by atoms with van der Waals surface area (Å²) in [7, 11) is 1.83. The van der Waals surface area contributed by atoms with Gasteiger partial charge in [0.25, 0.3) is 0 Å². The predicted molar refractivity (Wildman–Crippen MR) is 52.9 cm³/mol. The maximum absolute atomic E-state index is 10.9. The van der Waals surface area contributed by atoms with E-state index < -0.39 is 5.97 Å². The second-order valence-corrected chi connectivity index (χ2v) is 3.92. The highest BCUT2D eigenvalue weighted by Gasteiger charge is 2.22. The quantitative estimate of drug-likeness (QED) is 0.790. The van der Waals surface area contributed by atoms with E-state index >= 15 is 0 Å². The Kier molecular flexibility index (Phi) is 3.28. The van der Waals surface area contributed by atoms with Crippen molar-refractivity contribution in [1.29, 1.82) is 0 Å². The SMILES string of the molecule is CC(C)C(Cc1cnn(C)c1)C(=O)O. The van der Waals surface area contributed by atoms with Crippen molar-refractivity contribution in [3.63, 3.8) is 0 Å². The third kappa shape index (κ3) is 2.58. The number of hydrogen-bond donors (Lipinski definition) is 1. The second kappa shape index (κ2) is 4.26. The van der Waals surface area contributed by atoms with E-state index in [2.05, 4.69) is 5.10 Å². The number of rotatable bonds is 4. The summed E-state index contributed by atoms with van der Waals surface area (Å²) in [6, 6.07) is 0. The zero-order valence-electron chi connectivity index (χ0n) is 8.77. The van der Waals surface area contributed by atoms with Gasteiger partial charge < -0.3 is 5.11 Å². The van der Waals surface area contributed by atoms with Crippen LogP contribution in [0, 0.1) is 11.8 Å². The number of carboxylic acids is 1. The van der Waals surface area contributed by atoms with Crippen LogP contribution in [-0.4, -0.2) is 20.9 Å². The van der Waals surface area contributed by atoms with Gasteiger partial charge in [-0.15, -0.1) is 0 Å². The molecule has 78 valence electrons. The molecular formula is C10H16N2O2. The number of carbonyl (C=O) groups is 1. The Morgan fingerprint density at radius 2 is 2.29 bits per heavy atom. The summed E-state index contributed by atoms with van der Waals surface area (Å²) in [6.07, 6.45) is 4.14. The summed E-state index contributed by atoms with van der Waals surface area (Å²) < 4.78 is 1.69. The maximum atomic E-state index is 10.9. The van der Waals surface area contributed by atoms with Crippen LogP contribution in [0.15, 0.2) is 12.4 Å². The third-order valence-electron chi connectivity index (χ3n) is 2.34. The van der Waals surface area contributed by atoms with E-state index in [0.29, 0.717) is 6.42 Å². The molecule has 4 nitrogen and oxygen atoms in total. The summed E-state index contributed by atoms with van der Waals surface area (Å²) in [6.45, 7) is 3.85. The molecule has 0 saturated carbocycles. The summed E-state index contributed by atoms with van der Waals surface area (Å²) in [5, 5.41) is 13.0. The fraction of sp³-hybridized carbons (Fsp3) is 0.600. The van der Waals surface area contributed by atoms with E-state index in [9.17, 15) is 4.79 Å². The summed E-state index contributed by atoms with van der Waals surface area (Å²) in [5.41, 5.74) is 0.980. The molecule has 0 spiro atoms. The van der Waals surface area contributed by atoms with Gasteiger partial charge in [0.15, 0.2) is 0 Å². The molecule has 0 aliphatic heterocycles. The van der Waals surface area contributed by atoms with Crippen LogP contribution < -0.4 is 0 Å². The monoisotopic (exact) mass is 196 g/mol. The van der Waals surface area contributed by atoms with Crippen molar-refractivity contribution in [2.75, 3.05) is 0 Å². The van der Waals surface area contributed by atoms with Crippen LogP contribution in [0.5, 0.6) is 0 Å².